The summed E-state index contributed by atoms with van der Waals surface area (Å²) in [5, 5.41) is 21.6. The summed E-state index contributed by atoms with van der Waals surface area (Å²) < 4.78 is 10.9. The van der Waals surface area contributed by atoms with Crippen LogP contribution in [0.25, 0.3) is 0 Å². The fraction of sp³-hybridized carbons (Fsp3) is 0.750. The Kier molecular flexibility index (Phi) is 3.65. The zero-order valence-corrected chi connectivity index (χ0v) is 15.2. The molecule has 0 spiro atoms. The quantitative estimate of drug-likeness (QED) is 0.762. The van der Waals surface area contributed by atoms with E-state index in [0.29, 0.717) is 12.8 Å². The smallest absolute Gasteiger partial charge is 0.310 e. The Morgan fingerprint density at radius 1 is 1.20 bits per heavy atom. The summed E-state index contributed by atoms with van der Waals surface area (Å²) in [5.74, 6) is -0.105. The van der Waals surface area contributed by atoms with Crippen molar-refractivity contribution in [3.63, 3.8) is 0 Å². The molecule has 0 bridgehead atoms. The molecule has 25 heavy (non-hydrogen) atoms. The van der Waals surface area contributed by atoms with Crippen molar-refractivity contribution in [3.8, 4) is 0 Å². The van der Waals surface area contributed by atoms with Gasteiger partial charge in [0.05, 0.1) is 30.1 Å². The van der Waals surface area contributed by atoms with Crippen LogP contribution < -0.4 is 0 Å². The number of aliphatic hydroxyl groups excluding tert-OH is 1. The summed E-state index contributed by atoms with van der Waals surface area (Å²) in [4.78, 5) is 12.8. The van der Waals surface area contributed by atoms with Crippen LogP contribution in [0.1, 0.15) is 64.5 Å². The van der Waals surface area contributed by atoms with Crippen LogP contribution >= 0.6 is 0 Å². The second-order valence-corrected chi connectivity index (χ2v) is 8.99. The average molecular weight is 348 g/mol. The highest BCUT2D eigenvalue weighted by Crippen LogP contribution is 2.66. The highest BCUT2D eigenvalue weighted by atomic mass is 16.5. The molecule has 1 aromatic rings. The minimum atomic E-state index is -1.14. The monoisotopic (exact) mass is 348 g/mol. The number of carbonyl (C=O) groups is 1. The first-order valence-electron chi connectivity index (χ1n) is 9.33. The molecule has 2 aliphatic carbocycles. The molecule has 0 aromatic carbocycles. The second-order valence-electron chi connectivity index (χ2n) is 8.99. The Labute approximate surface area is 148 Å². The van der Waals surface area contributed by atoms with Gasteiger partial charge in [-0.3, -0.25) is 4.79 Å². The topological polar surface area (TPSA) is 79.9 Å². The Bertz CT molecular complexity index is 666. The van der Waals surface area contributed by atoms with Crippen LogP contribution in [0.2, 0.25) is 0 Å². The van der Waals surface area contributed by atoms with Crippen LogP contribution in [-0.4, -0.2) is 27.9 Å². The molecular formula is C20H28O5. The lowest BCUT2D eigenvalue weighted by molar-refractivity contribution is -0.251. The molecule has 1 saturated heterocycles. The Hall–Kier alpha value is -1.33. The van der Waals surface area contributed by atoms with Gasteiger partial charge in [0.2, 0.25) is 0 Å². The standard InChI is InChI=1S/C20H28O5/c1-18-10-14(12-7-9-24-11-12)25-17(22)13(18)6-8-19(2)15(18)4-5-16(21)20(19,3)23/h7,9,11,13-16,21,23H,4-6,8,10H2,1-3H3/t13-,14-,15+,16+,18-,19+,20-/m0/s1. The summed E-state index contributed by atoms with van der Waals surface area (Å²) in [5.41, 5.74) is -0.915. The maximum Gasteiger partial charge on any atom is 0.310 e. The number of fused-ring (bicyclic) bond motifs is 3. The summed E-state index contributed by atoms with van der Waals surface area (Å²) in [6, 6.07) is 1.85. The molecule has 2 N–H and O–H groups in total. The number of aliphatic hydroxyl groups is 2. The first-order valence-corrected chi connectivity index (χ1v) is 9.33. The van der Waals surface area contributed by atoms with Gasteiger partial charge in [0.25, 0.3) is 0 Å². The number of rotatable bonds is 1. The van der Waals surface area contributed by atoms with E-state index in [1.165, 1.54) is 0 Å². The minimum Gasteiger partial charge on any atom is -0.472 e. The molecular weight excluding hydrogens is 320 g/mol. The number of furan rings is 1. The van der Waals surface area contributed by atoms with Crippen LogP contribution in [0.15, 0.2) is 23.0 Å². The number of ether oxygens (including phenoxy) is 1. The van der Waals surface area contributed by atoms with Gasteiger partial charge in [-0.1, -0.05) is 13.8 Å². The largest absolute Gasteiger partial charge is 0.472 e. The summed E-state index contributed by atoms with van der Waals surface area (Å²) in [7, 11) is 0. The lowest BCUT2D eigenvalue weighted by Crippen LogP contribution is -2.66. The van der Waals surface area contributed by atoms with E-state index in [4.69, 9.17) is 9.15 Å². The molecule has 3 aliphatic rings. The lowest BCUT2D eigenvalue weighted by atomic mass is 9.42. The molecule has 1 aliphatic heterocycles. The van der Waals surface area contributed by atoms with E-state index in [2.05, 4.69) is 13.8 Å². The van der Waals surface area contributed by atoms with Gasteiger partial charge in [-0.25, -0.2) is 0 Å². The normalized spacial score (nSPS) is 49.9. The second kappa shape index (κ2) is 5.34. The molecule has 2 heterocycles. The number of cyclic esters (lactones) is 1. The van der Waals surface area contributed by atoms with E-state index in [1.807, 2.05) is 6.07 Å². The van der Waals surface area contributed by atoms with Gasteiger partial charge >= 0.3 is 5.97 Å². The minimum absolute atomic E-state index is 0.132. The number of esters is 1. The summed E-state index contributed by atoms with van der Waals surface area (Å²) >= 11 is 0. The maximum atomic E-state index is 12.8. The van der Waals surface area contributed by atoms with Crippen molar-refractivity contribution in [1.82, 2.24) is 0 Å². The zero-order valence-electron chi connectivity index (χ0n) is 15.2. The SMILES string of the molecule is C[C@]12C[C@@H](c3ccoc3)OC(=O)[C@@H]1CC[C@]1(C)[C@@H]2CC[C@@H](O)[C@]1(C)O. The lowest BCUT2D eigenvalue weighted by Gasteiger charge is -2.64. The van der Waals surface area contributed by atoms with E-state index in [0.717, 1.165) is 24.8 Å². The summed E-state index contributed by atoms with van der Waals surface area (Å²) in [6.45, 7) is 6.04. The highest BCUT2D eigenvalue weighted by molar-refractivity contribution is 5.75. The van der Waals surface area contributed by atoms with Gasteiger partial charge < -0.3 is 19.4 Å². The van der Waals surface area contributed by atoms with Crippen molar-refractivity contribution in [2.24, 2.45) is 22.7 Å². The predicted molar refractivity (Wildman–Crippen MR) is 90.5 cm³/mol. The van der Waals surface area contributed by atoms with Crippen molar-refractivity contribution in [3.05, 3.63) is 24.2 Å². The first kappa shape index (κ1) is 17.1. The molecule has 5 nitrogen and oxygen atoms in total. The Morgan fingerprint density at radius 2 is 1.96 bits per heavy atom. The average Bonchev–Trinajstić information content (AvgIpc) is 3.06. The Balaban J connectivity index is 1.74. The van der Waals surface area contributed by atoms with Gasteiger partial charge in [-0.05, 0) is 56.4 Å². The third-order valence-corrected chi connectivity index (χ3v) is 7.93. The summed E-state index contributed by atoms with van der Waals surface area (Å²) in [6.07, 6.45) is 5.79. The number of hydrogen-bond acceptors (Lipinski definition) is 5. The molecule has 0 amide bonds. The number of carbonyl (C=O) groups excluding carboxylic acids is 1. The zero-order chi connectivity index (χ0) is 18.0. The van der Waals surface area contributed by atoms with Gasteiger partial charge in [-0.15, -0.1) is 0 Å². The van der Waals surface area contributed by atoms with Crippen LogP contribution in [0.3, 0.4) is 0 Å². The molecule has 138 valence electrons. The fourth-order valence-electron chi connectivity index (χ4n) is 6.14. The number of hydrogen-bond donors (Lipinski definition) is 2. The molecule has 4 rings (SSSR count). The van der Waals surface area contributed by atoms with Gasteiger partial charge in [-0.2, -0.15) is 0 Å². The van der Waals surface area contributed by atoms with Crippen LogP contribution in [0, 0.1) is 22.7 Å². The molecule has 0 unspecified atom stereocenters. The first-order chi connectivity index (χ1) is 11.7. The third-order valence-electron chi connectivity index (χ3n) is 7.93. The molecule has 3 fully saturated rings. The van der Waals surface area contributed by atoms with Gasteiger partial charge in [0.15, 0.2) is 0 Å². The van der Waals surface area contributed by atoms with Gasteiger partial charge in [0.1, 0.15) is 6.10 Å². The van der Waals surface area contributed by atoms with Gasteiger partial charge in [0, 0.05) is 11.0 Å². The predicted octanol–water partition coefficient (Wildman–Crippen LogP) is 3.21. The van der Waals surface area contributed by atoms with Crippen molar-refractivity contribution in [2.45, 2.75) is 70.7 Å². The van der Waals surface area contributed by atoms with Crippen molar-refractivity contribution in [2.75, 3.05) is 0 Å². The van der Waals surface area contributed by atoms with E-state index < -0.39 is 17.1 Å². The van der Waals surface area contributed by atoms with Crippen LogP contribution in [0.5, 0.6) is 0 Å². The van der Waals surface area contributed by atoms with Crippen molar-refractivity contribution < 1.29 is 24.2 Å². The molecule has 1 aromatic heterocycles. The van der Waals surface area contributed by atoms with E-state index in [9.17, 15) is 15.0 Å². The van der Waals surface area contributed by atoms with Crippen molar-refractivity contribution in [1.29, 1.82) is 0 Å². The van der Waals surface area contributed by atoms with E-state index in [-0.39, 0.29) is 29.3 Å². The molecule has 0 radical (unpaired) electrons. The van der Waals surface area contributed by atoms with Crippen LogP contribution in [0.4, 0.5) is 0 Å². The van der Waals surface area contributed by atoms with E-state index >= 15 is 0 Å². The third kappa shape index (κ3) is 2.18. The van der Waals surface area contributed by atoms with Crippen molar-refractivity contribution >= 4 is 5.97 Å². The highest BCUT2D eigenvalue weighted by Gasteiger charge is 2.66. The van der Waals surface area contributed by atoms with E-state index in [1.54, 1.807) is 19.5 Å². The molecule has 5 heteroatoms. The molecule has 2 saturated carbocycles. The van der Waals surface area contributed by atoms with Crippen LogP contribution in [-0.2, 0) is 9.53 Å². The molecule has 7 atom stereocenters. The fourth-order valence-corrected chi connectivity index (χ4v) is 6.14. The Morgan fingerprint density at radius 3 is 2.64 bits per heavy atom. The maximum absolute atomic E-state index is 12.8.